The van der Waals surface area contributed by atoms with Crippen molar-refractivity contribution >= 4 is 11.5 Å². The fourth-order valence-corrected chi connectivity index (χ4v) is 1.68. The molecule has 1 aromatic heterocycles. The Morgan fingerprint density at radius 2 is 2.00 bits per heavy atom. The van der Waals surface area contributed by atoms with Gasteiger partial charge in [-0.05, 0) is 11.3 Å². The lowest BCUT2D eigenvalue weighted by Gasteiger charge is -2.30. The second-order valence-electron chi connectivity index (χ2n) is 6.16. The van der Waals surface area contributed by atoms with Crippen molar-refractivity contribution in [1.82, 2.24) is 9.55 Å². The first-order valence-corrected chi connectivity index (χ1v) is 7.06. The molecule has 120 valence electrons. The molecule has 0 atom stereocenters. The summed E-state index contributed by atoms with van der Waals surface area (Å²) in [6, 6.07) is 0. The Bertz CT molecular complexity index is 587. The minimum atomic E-state index is -0.525. The highest BCUT2D eigenvalue weighted by molar-refractivity contribution is 5.60. The van der Waals surface area contributed by atoms with Gasteiger partial charge in [0.05, 0.1) is 13.2 Å². The smallest absolute Gasteiger partial charge is 0.330 e. The van der Waals surface area contributed by atoms with Crippen molar-refractivity contribution in [3.05, 3.63) is 20.8 Å². The Hall–Kier alpha value is -1.76. The van der Waals surface area contributed by atoms with Crippen molar-refractivity contribution in [2.75, 3.05) is 31.3 Å². The van der Waals surface area contributed by atoms with Crippen LogP contribution in [0.4, 0.5) is 11.5 Å². The van der Waals surface area contributed by atoms with Crippen LogP contribution in [0.5, 0.6) is 0 Å². The van der Waals surface area contributed by atoms with Crippen LogP contribution in [0.3, 0.4) is 0 Å². The number of nitrogens with two attached hydrogens (primary N) is 1. The number of ether oxygens (including phenoxy) is 1. The molecule has 0 spiro atoms. The van der Waals surface area contributed by atoms with E-state index in [9.17, 15) is 9.59 Å². The maximum Gasteiger partial charge on any atom is 0.330 e. The number of nitrogen functional groups attached to an aromatic ring is 1. The first-order valence-electron chi connectivity index (χ1n) is 7.06. The predicted molar refractivity (Wildman–Crippen MR) is 84.7 cm³/mol. The van der Waals surface area contributed by atoms with Gasteiger partial charge in [0.25, 0.3) is 5.56 Å². The van der Waals surface area contributed by atoms with E-state index in [0.29, 0.717) is 25.6 Å². The number of nitrogens with one attached hydrogen (secondary N) is 2. The quantitative estimate of drug-likeness (QED) is 0.693. The number of anilines is 2. The van der Waals surface area contributed by atoms with E-state index in [2.05, 4.69) is 38.0 Å². The second kappa shape index (κ2) is 6.80. The zero-order valence-electron chi connectivity index (χ0n) is 13.4. The van der Waals surface area contributed by atoms with Crippen molar-refractivity contribution in [2.45, 2.75) is 34.2 Å². The average Bonchev–Trinajstić information content (AvgIpc) is 2.37. The van der Waals surface area contributed by atoms with Gasteiger partial charge in [0, 0.05) is 13.7 Å². The third-order valence-electron chi connectivity index (χ3n) is 4.04. The molecule has 4 N–H and O–H groups in total. The second-order valence-corrected chi connectivity index (χ2v) is 6.16. The van der Waals surface area contributed by atoms with Gasteiger partial charge in [0.15, 0.2) is 0 Å². The van der Waals surface area contributed by atoms with Crippen LogP contribution in [-0.2, 0) is 11.3 Å². The van der Waals surface area contributed by atoms with Crippen LogP contribution in [0.2, 0.25) is 0 Å². The third kappa shape index (κ3) is 4.10. The molecule has 0 aromatic carbocycles. The molecule has 0 aliphatic carbocycles. The van der Waals surface area contributed by atoms with Crippen molar-refractivity contribution in [2.24, 2.45) is 11.3 Å². The van der Waals surface area contributed by atoms with E-state index in [-0.39, 0.29) is 16.9 Å². The molecule has 0 bridgehead atoms. The van der Waals surface area contributed by atoms with Crippen LogP contribution in [-0.4, -0.2) is 29.8 Å². The van der Waals surface area contributed by atoms with E-state index in [1.165, 1.54) is 11.7 Å². The molecule has 0 aliphatic heterocycles. The molecule has 1 aromatic rings. The summed E-state index contributed by atoms with van der Waals surface area (Å²) in [6.07, 6.45) is 0. The largest absolute Gasteiger partial charge is 0.383 e. The topological polar surface area (TPSA) is 102 Å². The van der Waals surface area contributed by atoms with Gasteiger partial charge in [-0.1, -0.05) is 27.7 Å². The first-order chi connectivity index (χ1) is 9.70. The maximum absolute atomic E-state index is 11.9. The van der Waals surface area contributed by atoms with E-state index < -0.39 is 11.2 Å². The van der Waals surface area contributed by atoms with Crippen LogP contribution in [0.15, 0.2) is 9.59 Å². The number of aromatic nitrogens is 2. The van der Waals surface area contributed by atoms with E-state index in [4.69, 9.17) is 10.5 Å². The third-order valence-corrected chi connectivity index (χ3v) is 4.04. The summed E-state index contributed by atoms with van der Waals surface area (Å²) in [5, 5.41) is 3.08. The molecule has 1 rings (SSSR count). The number of rotatable bonds is 7. The van der Waals surface area contributed by atoms with Crippen LogP contribution in [0.25, 0.3) is 0 Å². The normalized spacial score (nSPS) is 11.9. The summed E-state index contributed by atoms with van der Waals surface area (Å²) in [6.45, 7) is 9.67. The van der Waals surface area contributed by atoms with E-state index in [1.54, 1.807) is 0 Å². The molecular weight excluding hydrogens is 272 g/mol. The van der Waals surface area contributed by atoms with Gasteiger partial charge >= 0.3 is 5.69 Å². The van der Waals surface area contributed by atoms with Crippen molar-refractivity contribution < 1.29 is 4.74 Å². The number of hydrogen-bond acceptors (Lipinski definition) is 5. The highest BCUT2D eigenvalue weighted by Crippen LogP contribution is 2.26. The number of nitrogens with zero attached hydrogens (tertiary/aromatic N) is 1. The molecule has 21 heavy (non-hydrogen) atoms. The van der Waals surface area contributed by atoms with Gasteiger partial charge in [-0.25, -0.2) is 4.79 Å². The van der Waals surface area contributed by atoms with E-state index >= 15 is 0 Å². The Morgan fingerprint density at radius 3 is 2.52 bits per heavy atom. The molecule has 0 aliphatic rings. The first kappa shape index (κ1) is 17.3. The lowest BCUT2D eigenvalue weighted by atomic mass is 9.81. The fourth-order valence-electron chi connectivity index (χ4n) is 1.68. The Labute approximate surface area is 124 Å². The average molecular weight is 298 g/mol. The summed E-state index contributed by atoms with van der Waals surface area (Å²) in [5.74, 6) is 0.574. The number of H-pyrrole nitrogens is 1. The highest BCUT2D eigenvalue weighted by atomic mass is 16.5. The van der Waals surface area contributed by atoms with Crippen molar-refractivity contribution in [1.29, 1.82) is 0 Å². The highest BCUT2D eigenvalue weighted by Gasteiger charge is 2.23. The van der Waals surface area contributed by atoms with Gasteiger partial charge in [-0.3, -0.25) is 14.3 Å². The summed E-state index contributed by atoms with van der Waals surface area (Å²) in [7, 11) is 1.54. The monoisotopic (exact) mass is 298 g/mol. The van der Waals surface area contributed by atoms with Gasteiger partial charge in [-0.15, -0.1) is 0 Å². The van der Waals surface area contributed by atoms with Gasteiger partial charge in [-0.2, -0.15) is 0 Å². The Morgan fingerprint density at radius 1 is 1.38 bits per heavy atom. The molecule has 7 nitrogen and oxygen atoms in total. The molecule has 0 fully saturated rings. The van der Waals surface area contributed by atoms with Crippen molar-refractivity contribution in [3.63, 3.8) is 0 Å². The zero-order chi connectivity index (χ0) is 16.2. The zero-order valence-corrected chi connectivity index (χ0v) is 13.4. The SMILES string of the molecule is COCCn1c(N)c(NCC(C)(C)C(C)C)c(=O)[nH]c1=O. The van der Waals surface area contributed by atoms with Gasteiger partial charge < -0.3 is 15.8 Å². The fraction of sp³-hybridized carbons (Fsp3) is 0.714. The minimum absolute atomic E-state index is 0.00756. The maximum atomic E-state index is 11.9. The molecule has 7 heteroatoms. The van der Waals surface area contributed by atoms with Gasteiger partial charge in [0.1, 0.15) is 11.5 Å². The van der Waals surface area contributed by atoms with Gasteiger partial charge in [0.2, 0.25) is 0 Å². The van der Waals surface area contributed by atoms with Crippen molar-refractivity contribution in [3.8, 4) is 0 Å². The Kier molecular flexibility index (Phi) is 5.60. The summed E-state index contributed by atoms with van der Waals surface area (Å²) in [4.78, 5) is 26.0. The molecule has 0 saturated carbocycles. The molecule has 1 heterocycles. The number of methoxy groups -OCH3 is 1. The molecule has 0 radical (unpaired) electrons. The molecular formula is C14H26N4O3. The van der Waals surface area contributed by atoms with Crippen LogP contribution < -0.4 is 22.3 Å². The van der Waals surface area contributed by atoms with Crippen LogP contribution in [0.1, 0.15) is 27.7 Å². The molecule has 0 saturated heterocycles. The lowest BCUT2D eigenvalue weighted by Crippen LogP contribution is -2.37. The standard InChI is InChI=1S/C14H26N4O3/c1-9(2)14(3,4)8-16-10-11(15)18(6-7-21-5)13(20)17-12(10)19/h9,16H,6-8,15H2,1-5H3,(H,17,19,20). The summed E-state index contributed by atoms with van der Waals surface area (Å²) < 4.78 is 6.25. The molecule has 0 unspecified atom stereocenters. The Balaban J connectivity index is 3.08. The lowest BCUT2D eigenvalue weighted by molar-refractivity contribution is 0.186. The predicted octanol–water partition coefficient (Wildman–Crippen LogP) is 0.859. The number of aromatic amines is 1. The van der Waals surface area contributed by atoms with Crippen LogP contribution >= 0.6 is 0 Å². The number of hydrogen-bond donors (Lipinski definition) is 3. The molecule has 0 amide bonds. The van der Waals surface area contributed by atoms with E-state index in [0.717, 1.165) is 0 Å². The summed E-state index contributed by atoms with van der Waals surface area (Å²) >= 11 is 0. The minimum Gasteiger partial charge on any atom is -0.383 e. The summed E-state index contributed by atoms with van der Waals surface area (Å²) in [5.41, 5.74) is 5.16. The van der Waals surface area contributed by atoms with E-state index in [1.807, 2.05) is 0 Å². The van der Waals surface area contributed by atoms with Crippen LogP contribution in [0, 0.1) is 11.3 Å².